The van der Waals surface area contributed by atoms with Crippen LogP contribution in [-0.4, -0.2) is 68.3 Å². The SMILES string of the molecule is COCCNC(=O)c1ccc(NC(=O)C(C(C)C)N2CC(C)OC(C)C2)cc1Cl. The van der Waals surface area contributed by atoms with Gasteiger partial charge in [-0.05, 0) is 38.0 Å². The van der Waals surface area contributed by atoms with E-state index in [0.717, 1.165) is 0 Å². The first-order valence-electron chi connectivity index (χ1n) is 10.00. The molecule has 0 aromatic heterocycles. The number of anilines is 1. The molecule has 2 N–H and O–H groups in total. The first-order valence-corrected chi connectivity index (χ1v) is 10.4. The molecule has 0 bridgehead atoms. The Balaban J connectivity index is 2.07. The molecule has 2 rings (SSSR count). The van der Waals surface area contributed by atoms with Crippen molar-refractivity contribution in [3.63, 3.8) is 0 Å². The van der Waals surface area contributed by atoms with E-state index in [1.807, 2.05) is 27.7 Å². The van der Waals surface area contributed by atoms with E-state index in [1.54, 1.807) is 25.3 Å². The Kier molecular flexibility index (Phi) is 8.89. The quantitative estimate of drug-likeness (QED) is 0.626. The summed E-state index contributed by atoms with van der Waals surface area (Å²) in [4.78, 5) is 27.4. The van der Waals surface area contributed by atoms with Gasteiger partial charge >= 0.3 is 0 Å². The number of hydrogen-bond acceptors (Lipinski definition) is 5. The smallest absolute Gasteiger partial charge is 0.252 e. The van der Waals surface area contributed by atoms with E-state index in [1.165, 1.54) is 0 Å². The second-order valence-corrected chi connectivity index (χ2v) is 8.24. The van der Waals surface area contributed by atoms with E-state index in [4.69, 9.17) is 21.1 Å². The number of ether oxygens (including phenoxy) is 2. The molecule has 8 heteroatoms. The zero-order valence-electron chi connectivity index (χ0n) is 17.8. The van der Waals surface area contributed by atoms with Gasteiger partial charge in [-0.15, -0.1) is 0 Å². The number of amides is 2. The summed E-state index contributed by atoms with van der Waals surface area (Å²) in [6.07, 6.45) is 0.163. The average molecular weight is 426 g/mol. The predicted molar refractivity (Wildman–Crippen MR) is 114 cm³/mol. The fourth-order valence-corrected chi connectivity index (χ4v) is 3.96. The fraction of sp³-hybridized carbons (Fsp3) is 0.619. The lowest BCUT2D eigenvalue weighted by atomic mass is 9.99. The van der Waals surface area contributed by atoms with Crippen LogP contribution in [0.2, 0.25) is 5.02 Å². The van der Waals surface area contributed by atoms with Gasteiger partial charge in [-0.3, -0.25) is 14.5 Å². The maximum atomic E-state index is 13.0. The highest BCUT2D eigenvalue weighted by Crippen LogP contribution is 2.23. The van der Waals surface area contributed by atoms with Crippen molar-refractivity contribution in [2.75, 3.05) is 38.7 Å². The minimum Gasteiger partial charge on any atom is -0.383 e. The number of carbonyl (C=O) groups is 2. The molecule has 0 saturated carbocycles. The maximum Gasteiger partial charge on any atom is 0.252 e. The number of hydrogen-bond donors (Lipinski definition) is 2. The molecule has 1 heterocycles. The molecule has 3 unspecified atom stereocenters. The van der Waals surface area contributed by atoms with Gasteiger partial charge in [0.2, 0.25) is 5.91 Å². The van der Waals surface area contributed by atoms with Crippen molar-refractivity contribution in [2.45, 2.75) is 45.9 Å². The Morgan fingerprint density at radius 3 is 2.48 bits per heavy atom. The van der Waals surface area contributed by atoms with Gasteiger partial charge < -0.3 is 20.1 Å². The molecule has 1 aliphatic heterocycles. The number of carbonyl (C=O) groups excluding carboxylic acids is 2. The molecule has 2 amide bonds. The Bertz CT molecular complexity index is 703. The van der Waals surface area contributed by atoms with Gasteiger partial charge in [-0.1, -0.05) is 25.4 Å². The molecular formula is C21H32ClN3O4. The molecule has 1 aliphatic rings. The molecule has 3 atom stereocenters. The molecule has 0 radical (unpaired) electrons. The number of nitrogens with one attached hydrogen (secondary N) is 2. The number of morpholine rings is 1. The van der Waals surface area contributed by atoms with Gasteiger partial charge in [0, 0.05) is 32.4 Å². The molecule has 7 nitrogen and oxygen atoms in total. The molecule has 1 fully saturated rings. The summed E-state index contributed by atoms with van der Waals surface area (Å²) in [5.41, 5.74) is 0.922. The largest absolute Gasteiger partial charge is 0.383 e. The Labute approximate surface area is 178 Å². The third-order valence-corrected chi connectivity index (χ3v) is 5.13. The molecule has 162 valence electrons. The van der Waals surface area contributed by atoms with E-state index in [9.17, 15) is 9.59 Å². The lowest BCUT2D eigenvalue weighted by molar-refractivity contribution is -0.130. The van der Waals surface area contributed by atoms with E-state index in [2.05, 4.69) is 15.5 Å². The number of halogens is 1. The van der Waals surface area contributed by atoms with E-state index >= 15 is 0 Å². The van der Waals surface area contributed by atoms with Crippen molar-refractivity contribution in [1.29, 1.82) is 0 Å². The molecule has 1 aromatic rings. The van der Waals surface area contributed by atoms with Crippen molar-refractivity contribution in [2.24, 2.45) is 5.92 Å². The molecule has 29 heavy (non-hydrogen) atoms. The van der Waals surface area contributed by atoms with Crippen LogP contribution in [0.4, 0.5) is 5.69 Å². The van der Waals surface area contributed by atoms with Crippen LogP contribution in [0.5, 0.6) is 0 Å². The summed E-state index contributed by atoms with van der Waals surface area (Å²) in [6.45, 7) is 10.4. The highest BCUT2D eigenvalue weighted by molar-refractivity contribution is 6.34. The van der Waals surface area contributed by atoms with Gasteiger partial charge in [-0.25, -0.2) is 0 Å². The molecule has 1 saturated heterocycles. The van der Waals surface area contributed by atoms with Crippen LogP contribution in [-0.2, 0) is 14.3 Å². The third kappa shape index (κ3) is 6.67. The first-order chi connectivity index (χ1) is 13.7. The minimum absolute atomic E-state index is 0.0816. The van der Waals surface area contributed by atoms with Gasteiger partial charge in [0.25, 0.3) is 5.91 Å². The molecule has 0 spiro atoms. The van der Waals surface area contributed by atoms with Crippen molar-refractivity contribution in [3.8, 4) is 0 Å². The molecule has 1 aromatic carbocycles. The average Bonchev–Trinajstić information content (AvgIpc) is 2.60. The highest BCUT2D eigenvalue weighted by Gasteiger charge is 2.34. The van der Waals surface area contributed by atoms with Crippen molar-refractivity contribution < 1.29 is 19.1 Å². The zero-order valence-corrected chi connectivity index (χ0v) is 18.6. The molecule has 0 aliphatic carbocycles. The third-order valence-electron chi connectivity index (χ3n) is 4.81. The second-order valence-electron chi connectivity index (χ2n) is 7.83. The minimum atomic E-state index is -0.278. The van der Waals surface area contributed by atoms with Crippen LogP contribution in [0.1, 0.15) is 38.1 Å². The lowest BCUT2D eigenvalue weighted by Crippen LogP contribution is -2.55. The van der Waals surface area contributed by atoms with Crippen LogP contribution < -0.4 is 10.6 Å². The Morgan fingerprint density at radius 2 is 1.93 bits per heavy atom. The predicted octanol–water partition coefficient (Wildman–Crippen LogP) is 2.79. The number of nitrogens with zero attached hydrogens (tertiary/aromatic N) is 1. The van der Waals surface area contributed by atoms with Crippen molar-refractivity contribution in [3.05, 3.63) is 28.8 Å². The first kappa shape index (κ1) is 23.6. The topological polar surface area (TPSA) is 79.9 Å². The monoisotopic (exact) mass is 425 g/mol. The number of benzene rings is 1. The van der Waals surface area contributed by atoms with E-state index < -0.39 is 0 Å². The van der Waals surface area contributed by atoms with Crippen molar-refractivity contribution >= 4 is 29.1 Å². The Morgan fingerprint density at radius 1 is 1.28 bits per heavy atom. The van der Waals surface area contributed by atoms with E-state index in [0.29, 0.717) is 37.5 Å². The summed E-state index contributed by atoms with van der Waals surface area (Å²) >= 11 is 6.28. The van der Waals surface area contributed by atoms with E-state index in [-0.39, 0.29) is 41.0 Å². The van der Waals surface area contributed by atoms with Crippen LogP contribution in [0.3, 0.4) is 0 Å². The van der Waals surface area contributed by atoms with Gasteiger partial charge in [-0.2, -0.15) is 0 Å². The second kappa shape index (κ2) is 10.9. The summed E-state index contributed by atoms with van der Waals surface area (Å²) in [6, 6.07) is 4.63. The standard InChI is InChI=1S/C21H32ClN3O4/c1-13(2)19(25-11-14(3)29-15(4)12-25)21(27)24-16-6-7-17(18(22)10-16)20(26)23-8-9-28-5/h6-7,10,13-15,19H,8-9,11-12H2,1-5H3,(H,23,26)(H,24,27). The summed E-state index contributed by atoms with van der Waals surface area (Å²) in [5, 5.41) is 5.97. The summed E-state index contributed by atoms with van der Waals surface area (Å²) < 4.78 is 10.7. The summed E-state index contributed by atoms with van der Waals surface area (Å²) in [7, 11) is 1.57. The molecular weight excluding hydrogens is 394 g/mol. The number of rotatable bonds is 8. The fourth-order valence-electron chi connectivity index (χ4n) is 3.69. The van der Waals surface area contributed by atoms with Crippen LogP contribution >= 0.6 is 11.6 Å². The lowest BCUT2D eigenvalue weighted by Gasteiger charge is -2.41. The van der Waals surface area contributed by atoms with Gasteiger partial charge in [0.15, 0.2) is 0 Å². The van der Waals surface area contributed by atoms with Crippen molar-refractivity contribution in [1.82, 2.24) is 10.2 Å². The van der Waals surface area contributed by atoms with Gasteiger partial charge in [0.05, 0.1) is 35.4 Å². The normalized spacial score (nSPS) is 21.1. The Hall–Kier alpha value is -1.67. The van der Waals surface area contributed by atoms with Crippen LogP contribution in [0, 0.1) is 5.92 Å². The maximum absolute atomic E-state index is 13.0. The van der Waals surface area contributed by atoms with Gasteiger partial charge in [0.1, 0.15) is 0 Å². The van der Waals surface area contributed by atoms with Crippen LogP contribution in [0.15, 0.2) is 18.2 Å². The highest BCUT2D eigenvalue weighted by atomic mass is 35.5. The number of methoxy groups -OCH3 is 1. The zero-order chi connectivity index (χ0) is 21.6. The summed E-state index contributed by atoms with van der Waals surface area (Å²) in [5.74, 6) is -0.232. The van der Waals surface area contributed by atoms with Crippen LogP contribution in [0.25, 0.3) is 0 Å².